The van der Waals surface area contributed by atoms with Crippen LogP contribution < -0.4 is 9.47 Å². The van der Waals surface area contributed by atoms with Crippen molar-refractivity contribution in [3.05, 3.63) is 60.7 Å². The number of nitrogens with zero attached hydrogens (tertiary/aromatic N) is 4. The number of carbonyl (C=O) groups is 1. The molecule has 1 saturated heterocycles. The van der Waals surface area contributed by atoms with Gasteiger partial charge in [0.25, 0.3) is 5.91 Å². The van der Waals surface area contributed by atoms with Crippen molar-refractivity contribution in [2.75, 3.05) is 19.7 Å². The maximum Gasteiger partial charge on any atom is 0.267 e. The van der Waals surface area contributed by atoms with Crippen molar-refractivity contribution < 1.29 is 14.3 Å². The Balaban J connectivity index is 1.15. The Morgan fingerprint density at radius 2 is 1.84 bits per heavy atom. The average Bonchev–Trinajstić information content (AvgIpc) is 3.23. The topological polar surface area (TPSA) is 69.5 Å². The first-order valence-electron chi connectivity index (χ1n) is 11.3. The van der Waals surface area contributed by atoms with E-state index in [2.05, 4.69) is 21.5 Å². The van der Waals surface area contributed by atoms with Gasteiger partial charge in [0.05, 0.1) is 0 Å². The Morgan fingerprint density at radius 1 is 1.09 bits per heavy atom. The molecule has 0 spiro atoms. The van der Waals surface area contributed by atoms with E-state index in [0.29, 0.717) is 17.4 Å². The zero-order valence-electron chi connectivity index (χ0n) is 18.3. The van der Waals surface area contributed by atoms with Crippen LogP contribution in [0.3, 0.4) is 0 Å². The second-order valence-electron chi connectivity index (χ2n) is 8.53. The standard InChI is InChI=1S/C25H28N4O3/c1-18-16-27-24(20-6-11-26-12-7-20)29(18)15-10-19-8-13-28(14-9-19)25(30)23-17-31-21-4-2-3-5-22(21)32-23/h2-7,11-12,16,19,23H,8-10,13-15,17H2,1H3. The summed E-state index contributed by atoms with van der Waals surface area (Å²) in [5.74, 6) is 2.97. The van der Waals surface area contributed by atoms with Gasteiger partial charge in [-0.3, -0.25) is 9.78 Å². The SMILES string of the molecule is Cc1cnc(-c2ccncc2)n1CCC1CCN(C(=O)C2COc3ccccc3O2)CC1. The molecular formula is C25H28N4O3. The molecule has 0 saturated carbocycles. The number of hydrogen-bond donors (Lipinski definition) is 0. The van der Waals surface area contributed by atoms with Crippen LogP contribution in [0.15, 0.2) is 55.0 Å². The van der Waals surface area contributed by atoms with Gasteiger partial charge in [0.1, 0.15) is 12.4 Å². The molecule has 1 aromatic carbocycles. The first-order chi connectivity index (χ1) is 15.7. The van der Waals surface area contributed by atoms with Gasteiger partial charge in [-0.15, -0.1) is 0 Å². The molecule has 1 fully saturated rings. The number of carbonyl (C=O) groups excluding carboxylic acids is 1. The smallest absolute Gasteiger partial charge is 0.267 e. The molecule has 2 aliphatic heterocycles. The van der Waals surface area contributed by atoms with Crippen LogP contribution in [0.1, 0.15) is 25.0 Å². The molecule has 32 heavy (non-hydrogen) atoms. The Labute approximate surface area is 188 Å². The summed E-state index contributed by atoms with van der Waals surface area (Å²) < 4.78 is 13.9. The number of aromatic nitrogens is 3. The van der Waals surface area contributed by atoms with Crippen LogP contribution >= 0.6 is 0 Å². The Hall–Kier alpha value is -3.35. The third-order valence-corrected chi connectivity index (χ3v) is 6.46. The molecular weight excluding hydrogens is 404 g/mol. The molecule has 166 valence electrons. The van der Waals surface area contributed by atoms with Crippen molar-refractivity contribution in [2.24, 2.45) is 5.92 Å². The molecule has 0 radical (unpaired) electrons. The molecule has 3 aromatic rings. The van der Waals surface area contributed by atoms with Gasteiger partial charge >= 0.3 is 0 Å². The predicted molar refractivity (Wildman–Crippen MR) is 120 cm³/mol. The van der Waals surface area contributed by atoms with Crippen LogP contribution in [0.25, 0.3) is 11.4 Å². The lowest BCUT2D eigenvalue weighted by Crippen LogP contribution is -2.49. The summed E-state index contributed by atoms with van der Waals surface area (Å²) in [6.45, 7) is 4.84. The van der Waals surface area contributed by atoms with Crippen LogP contribution in [0.4, 0.5) is 0 Å². The molecule has 0 bridgehead atoms. The van der Waals surface area contributed by atoms with Gasteiger partial charge < -0.3 is 18.9 Å². The Morgan fingerprint density at radius 3 is 2.62 bits per heavy atom. The highest BCUT2D eigenvalue weighted by molar-refractivity contribution is 5.82. The average molecular weight is 433 g/mol. The fourth-order valence-electron chi connectivity index (χ4n) is 4.57. The molecule has 7 nitrogen and oxygen atoms in total. The normalized spacial score (nSPS) is 18.5. The van der Waals surface area contributed by atoms with E-state index in [9.17, 15) is 4.79 Å². The van der Waals surface area contributed by atoms with Crippen molar-refractivity contribution in [2.45, 2.75) is 38.8 Å². The lowest BCUT2D eigenvalue weighted by Gasteiger charge is -2.35. The summed E-state index contributed by atoms with van der Waals surface area (Å²) in [4.78, 5) is 23.6. The summed E-state index contributed by atoms with van der Waals surface area (Å²) in [5.41, 5.74) is 2.25. The summed E-state index contributed by atoms with van der Waals surface area (Å²) in [7, 11) is 0. The highest BCUT2D eigenvalue weighted by Crippen LogP contribution is 2.32. The predicted octanol–water partition coefficient (Wildman–Crippen LogP) is 3.72. The number of ether oxygens (including phenoxy) is 2. The van der Waals surface area contributed by atoms with Gasteiger partial charge in [-0.05, 0) is 56.4 Å². The number of likely N-dealkylation sites (tertiary alicyclic amines) is 1. The lowest BCUT2D eigenvalue weighted by molar-refractivity contribution is -0.142. The highest BCUT2D eigenvalue weighted by atomic mass is 16.6. The highest BCUT2D eigenvalue weighted by Gasteiger charge is 2.33. The number of fused-ring (bicyclic) bond motifs is 1. The van der Waals surface area contributed by atoms with Gasteiger partial charge in [-0.1, -0.05) is 12.1 Å². The molecule has 1 unspecified atom stereocenters. The largest absolute Gasteiger partial charge is 0.485 e. The van der Waals surface area contributed by atoms with Crippen molar-refractivity contribution in [1.82, 2.24) is 19.4 Å². The molecule has 2 aliphatic rings. The van der Waals surface area contributed by atoms with Gasteiger partial charge in [-0.25, -0.2) is 4.98 Å². The van der Waals surface area contributed by atoms with Crippen LogP contribution in [-0.4, -0.2) is 51.1 Å². The minimum Gasteiger partial charge on any atom is -0.485 e. The summed E-state index contributed by atoms with van der Waals surface area (Å²) in [6.07, 6.45) is 8.07. The van der Waals surface area contributed by atoms with Gasteiger partial charge in [0.15, 0.2) is 11.5 Å². The van der Waals surface area contributed by atoms with Gasteiger partial charge in [-0.2, -0.15) is 0 Å². The number of benzene rings is 1. The van der Waals surface area contributed by atoms with E-state index in [1.54, 1.807) is 12.4 Å². The number of piperidine rings is 1. The second-order valence-corrected chi connectivity index (χ2v) is 8.53. The number of amides is 1. The number of imidazole rings is 1. The first kappa shape index (κ1) is 20.5. The minimum atomic E-state index is -0.557. The van der Waals surface area contributed by atoms with E-state index in [0.717, 1.165) is 50.3 Å². The molecule has 4 heterocycles. The molecule has 1 amide bonds. The summed E-state index contributed by atoms with van der Waals surface area (Å²) in [6, 6.07) is 11.5. The van der Waals surface area contributed by atoms with E-state index in [1.807, 2.05) is 47.5 Å². The van der Waals surface area contributed by atoms with Crippen LogP contribution in [0, 0.1) is 12.8 Å². The van der Waals surface area contributed by atoms with Gasteiger partial charge in [0, 0.05) is 49.5 Å². The molecule has 1 atom stereocenters. The Kier molecular flexibility index (Phi) is 5.79. The third-order valence-electron chi connectivity index (χ3n) is 6.46. The van der Waals surface area contributed by atoms with E-state index >= 15 is 0 Å². The number of pyridine rings is 1. The van der Waals surface area contributed by atoms with Crippen LogP contribution in [0.2, 0.25) is 0 Å². The number of para-hydroxylation sites is 2. The second kappa shape index (κ2) is 9.02. The molecule has 2 aromatic heterocycles. The summed E-state index contributed by atoms with van der Waals surface area (Å²) >= 11 is 0. The minimum absolute atomic E-state index is 0.0309. The van der Waals surface area contributed by atoms with Crippen LogP contribution in [0.5, 0.6) is 11.5 Å². The van der Waals surface area contributed by atoms with Gasteiger partial charge in [0.2, 0.25) is 6.10 Å². The molecule has 0 aliphatic carbocycles. The monoisotopic (exact) mass is 432 g/mol. The number of hydrogen-bond acceptors (Lipinski definition) is 5. The molecule has 0 N–H and O–H groups in total. The fourth-order valence-corrected chi connectivity index (χ4v) is 4.57. The molecule has 7 heteroatoms. The zero-order chi connectivity index (χ0) is 21.9. The van der Waals surface area contributed by atoms with Crippen molar-refractivity contribution >= 4 is 5.91 Å². The van der Waals surface area contributed by atoms with E-state index < -0.39 is 6.10 Å². The maximum atomic E-state index is 13.0. The fraction of sp³-hybridized carbons (Fsp3) is 0.400. The number of aryl methyl sites for hydroxylation is 1. The quantitative estimate of drug-likeness (QED) is 0.615. The van der Waals surface area contributed by atoms with Crippen molar-refractivity contribution in [1.29, 1.82) is 0 Å². The number of rotatable bonds is 5. The van der Waals surface area contributed by atoms with E-state index in [4.69, 9.17) is 9.47 Å². The third kappa shape index (κ3) is 4.20. The Bertz CT molecular complexity index is 1070. The zero-order valence-corrected chi connectivity index (χ0v) is 18.3. The van der Waals surface area contributed by atoms with Crippen LogP contribution in [-0.2, 0) is 11.3 Å². The maximum absolute atomic E-state index is 13.0. The van der Waals surface area contributed by atoms with E-state index in [-0.39, 0.29) is 12.5 Å². The summed E-state index contributed by atoms with van der Waals surface area (Å²) in [5, 5.41) is 0. The lowest BCUT2D eigenvalue weighted by atomic mass is 9.93. The van der Waals surface area contributed by atoms with Crippen molar-refractivity contribution in [3.63, 3.8) is 0 Å². The first-order valence-corrected chi connectivity index (χ1v) is 11.3. The van der Waals surface area contributed by atoms with E-state index in [1.165, 1.54) is 5.69 Å². The van der Waals surface area contributed by atoms with Crippen molar-refractivity contribution in [3.8, 4) is 22.9 Å². The molecule has 5 rings (SSSR count).